The van der Waals surface area contributed by atoms with Crippen molar-refractivity contribution in [1.29, 1.82) is 0 Å². The van der Waals surface area contributed by atoms with Crippen LogP contribution in [-0.2, 0) is 6.42 Å². The molecule has 1 aromatic carbocycles. The number of nitrogens with zero attached hydrogens (tertiary/aromatic N) is 1. The predicted octanol–water partition coefficient (Wildman–Crippen LogP) is 3.18. The highest BCUT2D eigenvalue weighted by Crippen LogP contribution is 2.29. The molecule has 1 aliphatic carbocycles. The Morgan fingerprint density at radius 1 is 1.31 bits per heavy atom. The fraction of sp³-hybridized carbons (Fsp3) is 0.417. The van der Waals surface area contributed by atoms with E-state index in [-0.39, 0.29) is 5.52 Å². The molecule has 1 aliphatic rings. The van der Waals surface area contributed by atoms with Gasteiger partial charge in [-0.05, 0) is 18.1 Å². The van der Waals surface area contributed by atoms with Gasteiger partial charge in [-0.2, -0.15) is 0 Å². The summed E-state index contributed by atoms with van der Waals surface area (Å²) in [5, 5.41) is 0. The summed E-state index contributed by atoms with van der Waals surface area (Å²) in [5.74, 6) is -0.263. The molecule has 0 atom stereocenters. The van der Waals surface area contributed by atoms with Crippen molar-refractivity contribution >= 4 is 11.0 Å². The summed E-state index contributed by atoms with van der Waals surface area (Å²) in [7, 11) is 0. The lowest BCUT2D eigenvalue weighted by molar-refractivity contribution is 0.310. The molecule has 0 unspecified atom stereocenters. The lowest BCUT2D eigenvalue weighted by Crippen LogP contribution is -2.14. The number of H-pyrrole nitrogens is 1. The molecule has 1 aromatic heterocycles. The summed E-state index contributed by atoms with van der Waals surface area (Å²) in [6.07, 6.45) is 4.55. The van der Waals surface area contributed by atoms with E-state index in [0.717, 1.165) is 18.3 Å². The molecule has 0 spiro atoms. The molecule has 4 heteroatoms. The van der Waals surface area contributed by atoms with Crippen LogP contribution in [0.1, 0.15) is 25.1 Å². The highest BCUT2D eigenvalue weighted by Gasteiger charge is 2.20. The molecule has 1 saturated carbocycles. The number of fused-ring (bicyclic) bond motifs is 1. The number of hydrogen-bond donors (Lipinski definition) is 1. The zero-order valence-electron chi connectivity index (χ0n) is 8.76. The van der Waals surface area contributed by atoms with Gasteiger partial charge in [0.05, 0.1) is 5.52 Å². The van der Waals surface area contributed by atoms with E-state index in [1.54, 1.807) is 0 Å². The van der Waals surface area contributed by atoms with Crippen molar-refractivity contribution in [2.75, 3.05) is 0 Å². The second-order valence-electron chi connectivity index (χ2n) is 4.44. The molecule has 0 bridgehead atoms. The molecule has 0 radical (unpaired) electrons. The number of hydrogen-bond acceptors (Lipinski definition) is 1. The molecule has 0 saturated heterocycles. The monoisotopic (exact) mass is 222 g/mol. The summed E-state index contributed by atoms with van der Waals surface area (Å²) < 4.78 is 26.4. The van der Waals surface area contributed by atoms with E-state index in [4.69, 9.17) is 0 Å². The van der Waals surface area contributed by atoms with Crippen molar-refractivity contribution < 1.29 is 8.78 Å². The van der Waals surface area contributed by atoms with Gasteiger partial charge in [-0.25, -0.2) is 13.8 Å². The van der Waals surface area contributed by atoms with Crippen LogP contribution in [0.15, 0.2) is 12.1 Å². The Balaban J connectivity index is 1.98. The fourth-order valence-electron chi connectivity index (χ4n) is 2.14. The van der Waals surface area contributed by atoms with Crippen LogP contribution in [0.3, 0.4) is 0 Å². The molecular weight excluding hydrogens is 210 g/mol. The molecule has 2 nitrogen and oxygen atoms in total. The molecule has 1 N–H and O–H groups in total. The molecule has 0 aliphatic heterocycles. The van der Waals surface area contributed by atoms with Crippen LogP contribution in [-0.4, -0.2) is 9.97 Å². The van der Waals surface area contributed by atoms with Gasteiger partial charge in [0.15, 0.2) is 11.6 Å². The first-order valence-electron chi connectivity index (χ1n) is 5.56. The van der Waals surface area contributed by atoms with E-state index < -0.39 is 11.6 Å². The zero-order chi connectivity index (χ0) is 11.1. The largest absolute Gasteiger partial charge is 0.342 e. The summed E-state index contributed by atoms with van der Waals surface area (Å²) in [6, 6.07) is 2.66. The third kappa shape index (κ3) is 1.49. The van der Waals surface area contributed by atoms with Crippen molar-refractivity contribution in [2.45, 2.75) is 25.7 Å². The maximum absolute atomic E-state index is 13.4. The lowest BCUT2D eigenvalue weighted by atomic mass is 9.83. The van der Waals surface area contributed by atoms with Crippen LogP contribution in [0.2, 0.25) is 0 Å². The quantitative estimate of drug-likeness (QED) is 0.830. The SMILES string of the molecule is Fc1ccc2[nH]c(CC3CCC3)nc2c1F. The molecule has 2 aromatic rings. The van der Waals surface area contributed by atoms with Gasteiger partial charge in [0.1, 0.15) is 11.3 Å². The van der Waals surface area contributed by atoms with Crippen LogP contribution in [0.4, 0.5) is 8.78 Å². The van der Waals surface area contributed by atoms with Crippen LogP contribution < -0.4 is 0 Å². The number of benzene rings is 1. The average Bonchev–Trinajstić information content (AvgIpc) is 2.61. The van der Waals surface area contributed by atoms with Crippen LogP contribution in [0, 0.1) is 17.6 Å². The topological polar surface area (TPSA) is 28.7 Å². The molecule has 1 heterocycles. The Hall–Kier alpha value is -1.45. The van der Waals surface area contributed by atoms with Gasteiger partial charge in [-0.1, -0.05) is 19.3 Å². The van der Waals surface area contributed by atoms with Crippen molar-refractivity contribution in [2.24, 2.45) is 5.92 Å². The molecule has 1 fully saturated rings. The fourth-order valence-corrected chi connectivity index (χ4v) is 2.14. The average molecular weight is 222 g/mol. The first-order chi connectivity index (χ1) is 7.74. The Kier molecular flexibility index (Phi) is 2.16. The second kappa shape index (κ2) is 3.54. The van der Waals surface area contributed by atoms with E-state index >= 15 is 0 Å². The highest BCUT2D eigenvalue weighted by atomic mass is 19.2. The van der Waals surface area contributed by atoms with Gasteiger partial charge >= 0.3 is 0 Å². The van der Waals surface area contributed by atoms with Gasteiger partial charge in [0.2, 0.25) is 0 Å². The Labute approximate surface area is 91.7 Å². The van der Waals surface area contributed by atoms with Crippen molar-refractivity contribution in [3.8, 4) is 0 Å². The van der Waals surface area contributed by atoms with Gasteiger partial charge in [0, 0.05) is 6.42 Å². The van der Waals surface area contributed by atoms with Crippen LogP contribution in [0.5, 0.6) is 0 Å². The van der Waals surface area contributed by atoms with E-state index in [1.165, 1.54) is 25.3 Å². The minimum atomic E-state index is -0.853. The van der Waals surface area contributed by atoms with Crippen molar-refractivity contribution in [3.05, 3.63) is 29.6 Å². The van der Waals surface area contributed by atoms with E-state index in [0.29, 0.717) is 11.4 Å². The van der Waals surface area contributed by atoms with Crippen molar-refractivity contribution in [1.82, 2.24) is 9.97 Å². The minimum Gasteiger partial charge on any atom is -0.342 e. The maximum Gasteiger partial charge on any atom is 0.186 e. The predicted molar refractivity (Wildman–Crippen MR) is 57.1 cm³/mol. The summed E-state index contributed by atoms with van der Waals surface area (Å²) >= 11 is 0. The maximum atomic E-state index is 13.4. The summed E-state index contributed by atoms with van der Waals surface area (Å²) in [4.78, 5) is 7.17. The Bertz CT molecular complexity index is 529. The smallest absolute Gasteiger partial charge is 0.186 e. The zero-order valence-corrected chi connectivity index (χ0v) is 8.76. The number of rotatable bonds is 2. The van der Waals surface area contributed by atoms with E-state index in [2.05, 4.69) is 9.97 Å². The number of halogens is 2. The number of imidazole rings is 1. The molecule has 3 rings (SSSR count). The van der Waals surface area contributed by atoms with Crippen molar-refractivity contribution in [3.63, 3.8) is 0 Å². The Morgan fingerprint density at radius 2 is 2.12 bits per heavy atom. The van der Waals surface area contributed by atoms with Gasteiger partial charge < -0.3 is 4.98 Å². The van der Waals surface area contributed by atoms with Gasteiger partial charge in [-0.15, -0.1) is 0 Å². The molecular formula is C12H12F2N2. The first-order valence-corrected chi connectivity index (χ1v) is 5.56. The number of aromatic nitrogens is 2. The second-order valence-corrected chi connectivity index (χ2v) is 4.44. The molecule has 0 amide bonds. The van der Waals surface area contributed by atoms with Crippen LogP contribution >= 0.6 is 0 Å². The van der Waals surface area contributed by atoms with Gasteiger partial charge in [-0.3, -0.25) is 0 Å². The third-order valence-corrected chi connectivity index (χ3v) is 3.30. The van der Waals surface area contributed by atoms with E-state index in [1.807, 2.05) is 0 Å². The van der Waals surface area contributed by atoms with Gasteiger partial charge in [0.25, 0.3) is 0 Å². The summed E-state index contributed by atoms with van der Waals surface area (Å²) in [6.45, 7) is 0. The molecule has 16 heavy (non-hydrogen) atoms. The highest BCUT2D eigenvalue weighted by molar-refractivity contribution is 5.75. The minimum absolute atomic E-state index is 0.120. The third-order valence-electron chi connectivity index (χ3n) is 3.30. The van der Waals surface area contributed by atoms with Crippen LogP contribution in [0.25, 0.3) is 11.0 Å². The normalized spacial score (nSPS) is 16.6. The van der Waals surface area contributed by atoms with E-state index in [9.17, 15) is 8.78 Å². The lowest BCUT2D eigenvalue weighted by Gasteiger charge is -2.23. The molecule has 84 valence electrons. The Morgan fingerprint density at radius 3 is 2.81 bits per heavy atom. The number of nitrogens with one attached hydrogen (secondary N) is 1. The number of aromatic amines is 1. The first kappa shape index (κ1) is 9.75. The summed E-state index contributed by atoms with van der Waals surface area (Å²) in [5.41, 5.74) is 0.697. The standard InChI is InChI=1S/C12H12F2N2/c13-8-4-5-9-12(11(8)14)16-10(15-9)6-7-2-1-3-7/h4-5,7H,1-3,6H2,(H,15,16).